The number of nitrogens with one attached hydrogen (secondary N) is 1. The van der Waals surface area contributed by atoms with E-state index in [4.69, 9.17) is 0 Å². The average molecular weight is 395 g/mol. The van der Waals surface area contributed by atoms with E-state index in [1.807, 2.05) is 0 Å². The lowest BCUT2D eigenvalue weighted by Crippen LogP contribution is -2.65. The summed E-state index contributed by atoms with van der Waals surface area (Å²) in [6, 6.07) is 10.8. The Morgan fingerprint density at radius 1 is 1.10 bits per heavy atom. The maximum Gasteiger partial charge on any atom is 0.228 e. The zero-order chi connectivity index (χ0) is 20.0. The lowest BCUT2D eigenvalue weighted by atomic mass is 9.52. The predicted molar refractivity (Wildman–Crippen MR) is 118 cm³/mol. The summed E-state index contributed by atoms with van der Waals surface area (Å²) in [5.41, 5.74) is 2.07. The molecule has 0 aromatic heterocycles. The molecule has 1 spiro atoms. The number of nitrogens with zero attached hydrogens (tertiary/aromatic N) is 1. The summed E-state index contributed by atoms with van der Waals surface area (Å²) < 4.78 is 0. The second-order valence-electron chi connectivity index (χ2n) is 11.3. The Bertz CT molecular complexity index is 732. The molecular weight excluding hydrogens is 356 g/mol. The van der Waals surface area contributed by atoms with Crippen LogP contribution in [0.3, 0.4) is 0 Å². The van der Waals surface area contributed by atoms with Gasteiger partial charge in [-0.2, -0.15) is 0 Å². The molecule has 2 heterocycles. The Hall–Kier alpha value is -1.35. The number of hydrogen-bond acceptors (Lipinski definition) is 2. The summed E-state index contributed by atoms with van der Waals surface area (Å²) in [5.74, 6) is 1.27. The van der Waals surface area contributed by atoms with Crippen molar-refractivity contribution in [1.82, 2.24) is 10.2 Å². The third kappa shape index (κ3) is 3.76. The second kappa shape index (κ2) is 7.41. The number of benzene rings is 1. The normalized spacial score (nSPS) is 35.9. The van der Waals surface area contributed by atoms with Gasteiger partial charge in [-0.25, -0.2) is 0 Å². The highest BCUT2D eigenvalue weighted by Gasteiger charge is 2.55. The van der Waals surface area contributed by atoms with Crippen LogP contribution in [0.1, 0.15) is 70.3 Å². The number of fused-ring (bicyclic) bond motifs is 2. The fourth-order valence-corrected chi connectivity index (χ4v) is 7.50. The quantitative estimate of drug-likeness (QED) is 0.795. The van der Waals surface area contributed by atoms with Crippen LogP contribution in [0, 0.1) is 22.2 Å². The van der Waals surface area contributed by atoms with Crippen molar-refractivity contribution in [2.24, 2.45) is 22.2 Å². The molecule has 3 nitrogen and oxygen atoms in total. The van der Waals surface area contributed by atoms with E-state index in [0.29, 0.717) is 16.7 Å². The van der Waals surface area contributed by atoms with Crippen LogP contribution >= 0.6 is 0 Å². The van der Waals surface area contributed by atoms with Crippen molar-refractivity contribution < 1.29 is 4.79 Å². The lowest BCUT2D eigenvalue weighted by molar-refractivity contribution is -0.165. The van der Waals surface area contributed by atoms with Crippen LogP contribution in [0.2, 0.25) is 0 Å². The molecule has 4 aliphatic rings. The first kappa shape index (κ1) is 19.6. The van der Waals surface area contributed by atoms with E-state index < -0.39 is 0 Å². The zero-order valence-corrected chi connectivity index (χ0v) is 18.2. The summed E-state index contributed by atoms with van der Waals surface area (Å²) >= 11 is 0. The number of piperidine rings is 1. The van der Waals surface area contributed by atoms with Gasteiger partial charge in [0.05, 0.1) is 5.41 Å². The van der Waals surface area contributed by atoms with Crippen molar-refractivity contribution in [3.63, 3.8) is 0 Å². The fourth-order valence-electron chi connectivity index (χ4n) is 7.50. The van der Waals surface area contributed by atoms with Crippen molar-refractivity contribution in [1.29, 1.82) is 0 Å². The lowest BCUT2D eigenvalue weighted by Gasteiger charge is -2.58. The fraction of sp³-hybridized carbons (Fsp3) is 0.731. The third-order valence-corrected chi connectivity index (χ3v) is 8.81. The summed E-state index contributed by atoms with van der Waals surface area (Å²) in [4.78, 5) is 16.3. The van der Waals surface area contributed by atoms with Crippen molar-refractivity contribution in [3.05, 3.63) is 35.9 Å². The highest BCUT2D eigenvalue weighted by molar-refractivity contribution is 5.84. The molecule has 4 fully saturated rings. The molecule has 1 amide bonds. The summed E-state index contributed by atoms with van der Waals surface area (Å²) in [5, 5.41) is 3.49. The first-order valence-corrected chi connectivity index (χ1v) is 12.0. The Balaban J connectivity index is 1.36. The number of amides is 1. The average Bonchev–Trinajstić information content (AvgIpc) is 2.70. The molecule has 1 aromatic rings. The van der Waals surface area contributed by atoms with E-state index in [0.717, 1.165) is 57.8 Å². The largest absolute Gasteiger partial charge is 0.341 e. The minimum absolute atomic E-state index is 0.123. The molecule has 158 valence electrons. The summed E-state index contributed by atoms with van der Waals surface area (Å²) in [7, 11) is 0. The summed E-state index contributed by atoms with van der Waals surface area (Å²) in [6.07, 6.45) is 12.2. The van der Waals surface area contributed by atoms with Crippen molar-refractivity contribution >= 4 is 5.91 Å². The summed E-state index contributed by atoms with van der Waals surface area (Å²) in [6.45, 7) is 6.76. The highest BCUT2D eigenvalue weighted by atomic mass is 16.2. The van der Waals surface area contributed by atoms with Gasteiger partial charge < -0.3 is 10.2 Å². The molecule has 3 heteroatoms. The highest BCUT2D eigenvalue weighted by Crippen LogP contribution is 2.58. The standard InChI is InChI=1S/C26H38N2O/c1-24-10-5-8-22(16-24)17-26(18-24,11-9-21-6-3-2-4-7-21)23(29)28-19-25(20-28)12-14-27-15-13-25/h2-4,6-7,22,27H,5,8-20H2,1H3/t22?,24-,26?/m0/s1. The molecule has 2 aliphatic heterocycles. The molecule has 0 radical (unpaired) electrons. The number of carbonyl (C=O) groups is 1. The van der Waals surface area contributed by atoms with E-state index >= 15 is 0 Å². The van der Waals surface area contributed by atoms with E-state index in [2.05, 4.69) is 47.5 Å². The number of carbonyl (C=O) groups excluding carboxylic acids is 1. The molecule has 1 aromatic carbocycles. The minimum atomic E-state index is -0.123. The Morgan fingerprint density at radius 3 is 2.59 bits per heavy atom. The molecule has 2 saturated carbocycles. The SMILES string of the molecule is C[C@@]12CCCC(CC(CCc3ccccc3)(C(=O)N3CC4(CCNCC4)C3)C1)C2. The zero-order valence-electron chi connectivity index (χ0n) is 18.2. The van der Waals surface area contributed by atoms with E-state index in [9.17, 15) is 4.79 Å². The van der Waals surface area contributed by atoms with Crippen LogP contribution in [0.4, 0.5) is 0 Å². The molecule has 5 rings (SSSR count). The van der Waals surface area contributed by atoms with Crippen LogP contribution in [-0.2, 0) is 11.2 Å². The third-order valence-electron chi connectivity index (χ3n) is 8.81. The molecule has 2 saturated heterocycles. The van der Waals surface area contributed by atoms with Crippen molar-refractivity contribution in [3.8, 4) is 0 Å². The maximum absolute atomic E-state index is 14.0. The van der Waals surface area contributed by atoms with Gasteiger partial charge in [0.2, 0.25) is 5.91 Å². The maximum atomic E-state index is 14.0. The number of rotatable bonds is 4. The first-order valence-electron chi connectivity index (χ1n) is 12.0. The topological polar surface area (TPSA) is 32.3 Å². The van der Waals surface area contributed by atoms with E-state index in [1.54, 1.807) is 0 Å². The van der Waals surface area contributed by atoms with Gasteiger partial charge in [0, 0.05) is 18.5 Å². The second-order valence-corrected chi connectivity index (χ2v) is 11.3. The first-order chi connectivity index (χ1) is 14.0. The van der Waals surface area contributed by atoms with E-state index in [-0.39, 0.29) is 5.41 Å². The van der Waals surface area contributed by atoms with Crippen molar-refractivity contribution in [2.45, 2.75) is 71.1 Å². The van der Waals surface area contributed by atoms with Crippen LogP contribution in [-0.4, -0.2) is 37.0 Å². The Labute approximate surface area is 176 Å². The molecule has 3 atom stereocenters. The van der Waals surface area contributed by atoms with Gasteiger partial charge in [0.1, 0.15) is 0 Å². The van der Waals surface area contributed by atoms with Gasteiger partial charge in [-0.05, 0) is 81.4 Å². The number of likely N-dealkylation sites (tertiary alicyclic amines) is 1. The Morgan fingerprint density at radius 2 is 1.86 bits per heavy atom. The Kier molecular flexibility index (Phi) is 5.01. The predicted octanol–water partition coefficient (Wildman–Crippen LogP) is 4.81. The van der Waals surface area contributed by atoms with Gasteiger partial charge in [-0.1, -0.05) is 50.1 Å². The van der Waals surface area contributed by atoms with Crippen LogP contribution in [0.5, 0.6) is 0 Å². The molecule has 1 N–H and O–H groups in total. The van der Waals surface area contributed by atoms with Crippen LogP contribution in [0.15, 0.2) is 30.3 Å². The molecule has 2 aliphatic carbocycles. The van der Waals surface area contributed by atoms with Gasteiger partial charge in [-0.15, -0.1) is 0 Å². The molecular formula is C26H38N2O. The van der Waals surface area contributed by atoms with Crippen LogP contribution < -0.4 is 5.32 Å². The smallest absolute Gasteiger partial charge is 0.228 e. The number of hydrogen-bond donors (Lipinski definition) is 1. The van der Waals surface area contributed by atoms with Gasteiger partial charge in [0.25, 0.3) is 0 Å². The van der Waals surface area contributed by atoms with Gasteiger partial charge in [0.15, 0.2) is 0 Å². The van der Waals surface area contributed by atoms with Crippen molar-refractivity contribution in [2.75, 3.05) is 26.2 Å². The van der Waals surface area contributed by atoms with Gasteiger partial charge >= 0.3 is 0 Å². The molecule has 29 heavy (non-hydrogen) atoms. The minimum Gasteiger partial charge on any atom is -0.341 e. The van der Waals surface area contributed by atoms with Gasteiger partial charge in [-0.3, -0.25) is 4.79 Å². The van der Waals surface area contributed by atoms with Crippen LogP contribution in [0.25, 0.3) is 0 Å². The molecule has 2 unspecified atom stereocenters. The monoisotopic (exact) mass is 394 g/mol. The molecule has 2 bridgehead atoms. The van der Waals surface area contributed by atoms with E-state index in [1.165, 1.54) is 44.1 Å². The number of aryl methyl sites for hydroxylation is 1.